The van der Waals surface area contributed by atoms with Crippen molar-refractivity contribution in [1.82, 2.24) is 9.78 Å². The number of aliphatic hydroxyl groups excluding tert-OH is 1. The van der Waals surface area contributed by atoms with Crippen molar-refractivity contribution in [1.29, 1.82) is 0 Å². The molecule has 1 atom stereocenters. The minimum Gasteiger partial charge on any atom is -0.382 e. The summed E-state index contributed by atoms with van der Waals surface area (Å²) >= 11 is 6.87. The number of benzene rings is 1. The Morgan fingerprint density at radius 2 is 2.11 bits per heavy atom. The van der Waals surface area contributed by atoms with Crippen molar-refractivity contribution in [2.45, 2.75) is 26.5 Å². The molecule has 1 N–H and O–H groups in total. The van der Waals surface area contributed by atoms with Gasteiger partial charge < -0.3 is 5.11 Å². The zero-order chi connectivity index (χ0) is 13.3. The third-order valence-corrected chi connectivity index (χ3v) is 4.02. The van der Waals surface area contributed by atoms with Crippen molar-refractivity contribution in [3.8, 4) is 0 Å². The van der Waals surface area contributed by atoms with Crippen LogP contribution in [0.2, 0.25) is 0 Å². The highest BCUT2D eigenvalue weighted by Gasteiger charge is 2.20. The number of nitrogens with zero attached hydrogens (tertiary/aromatic N) is 2. The Labute approximate surface area is 123 Å². The first-order valence-corrected chi connectivity index (χ1v) is 7.28. The third-order valence-electron chi connectivity index (χ3n) is 2.92. The van der Waals surface area contributed by atoms with Gasteiger partial charge >= 0.3 is 0 Å². The Morgan fingerprint density at radius 1 is 1.39 bits per heavy atom. The van der Waals surface area contributed by atoms with E-state index in [2.05, 4.69) is 37.0 Å². The topological polar surface area (TPSA) is 38.0 Å². The summed E-state index contributed by atoms with van der Waals surface area (Å²) in [7, 11) is 0. The fourth-order valence-corrected chi connectivity index (χ4v) is 2.98. The number of aliphatic hydroxyl groups is 1. The first-order chi connectivity index (χ1) is 8.54. The van der Waals surface area contributed by atoms with Gasteiger partial charge in [0.25, 0.3) is 0 Å². The molecule has 2 rings (SSSR count). The van der Waals surface area contributed by atoms with Crippen LogP contribution in [0, 0.1) is 6.92 Å². The molecule has 1 unspecified atom stereocenters. The van der Waals surface area contributed by atoms with E-state index in [0.29, 0.717) is 0 Å². The van der Waals surface area contributed by atoms with E-state index in [1.54, 1.807) is 10.9 Å². The van der Waals surface area contributed by atoms with Gasteiger partial charge in [0.15, 0.2) is 0 Å². The van der Waals surface area contributed by atoms with Crippen molar-refractivity contribution in [3.63, 3.8) is 0 Å². The number of rotatable bonds is 3. The van der Waals surface area contributed by atoms with Gasteiger partial charge in [0.1, 0.15) is 6.10 Å². The summed E-state index contributed by atoms with van der Waals surface area (Å²) in [6.07, 6.45) is 1.05. The van der Waals surface area contributed by atoms with Crippen molar-refractivity contribution in [2.75, 3.05) is 0 Å². The lowest BCUT2D eigenvalue weighted by molar-refractivity contribution is 0.206. The van der Waals surface area contributed by atoms with E-state index in [9.17, 15) is 5.11 Å². The zero-order valence-electron chi connectivity index (χ0n) is 10.2. The molecule has 1 heterocycles. The van der Waals surface area contributed by atoms with Gasteiger partial charge in [-0.1, -0.05) is 22.0 Å². The smallest absolute Gasteiger partial charge is 0.122 e. The summed E-state index contributed by atoms with van der Waals surface area (Å²) in [6, 6.07) is 5.87. The van der Waals surface area contributed by atoms with Crippen LogP contribution in [0.4, 0.5) is 0 Å². The highest BCUT2D eigenvalue weighted by atomic mass is 79.9. The van der Waals surface area contributed by atoms with Crippen LogP contribution in [0.15, 0.2) is 33.3 Å². The maximum absolute atomic E-state index is 10.5. The minimum absolute atomic E-state index is 0.671. The van der Waals surface area contributed by atoms with Gasteiger partial charge in [-0.15, -0.1) is 0 Å². The highest BCUT2D eigenvalue weighted by Crippen LogP contribution is 2.31. The van der Waals surface area contributed by atoms with Crippen LogP contribution in [-0.4, -0.2) is 14.9 Å². The molecule has 0 aliphatic carbocycles. The van der Waals surface area contributed by atoms with Crippen molar-refractivity contribution in [2.24, 2.45) is 0 Å². The lowest BCUT2D eigenvalue weighted by Crippen LogP contribution is -2.10. The first kappa shape index (κ1) is 13.8. The molecule has 0 aliphatic heterocycles. The molecule has 2 aromatic rings. The summed E-state index contributed by atoms with van der Waals surface area (Å²) < 4.78 is 3.65. The molecule has 0 radical (unpaired) electrons. The molecule has 18 heavy (non-hydrogen) atoms. The number of hydrogen-bond acceptors (Lipinski definition) is 2. The van der Waals surface area contributed by atoms with Gasteiger partial charge in [-0.3, -0.25) is 4.68 Å². The molecule has 0 amide bonds. The van der Waals surface area contributed by atoms with Gasteiger partial charge in [-0.25, -0.2) is 0 Å². The second-order valence-corrected chi connectivity index (χ2v) is 5.87. The largest absolute Gasteiger partial charge is 0.382 e. The second-order valence-electron chi connectivity index (χ2n) is 4.10. The quantitative estimate of drug-likeness (QED) is 0.888. The lowest BCUT2D eigenvalue weighted by Gasteiger charge is -2.16. The maximum atomic E-state index is 10.5. The molecule has 0 saturated heterocycles. The Morgan fingerprint density at radius 3 is 2.72 bits per heavy atom. The fraction of sp³-hybridized carbons (Fsp3) is 0.308. The van der Waals surface area contributed by atoms with Crippen molar-refractivity contribution < 1.29 is 5.11 Å². The summed E-state index contributed by atoms with van der Waals surface area (Å²) in [5, 5.41) is 14.8. The standard InChI is InChI=1S/C13H14Br2N2O/c1-3-17-12(11(15)7-16-17)13(18)10-5-4-9(14)6-8(10)2/h4-7,13,18H,3H2,1-2H3. The highest BCUT2D eigenvalue weighted by molar-refractivity contribution is 9.10. The first-order valence-electron chi connectivity index (χ1n) is 5.70. The average molecular weight is 374 g/mol. The SMILES string of the molecule is CCn1ncc(Br)c1C(O)c1ccc(Br)cc1C. The van der Waals surface area contributed by atoms with Crippen LogP contribution in [0.25, 0.3) is 0 Å². The molecule has 0 spiro atoms. The Hall–Kier alpha value is -0.650. The molecule has 0 fully saturated rings. The summed E-state index contributed by atoms with van der Waals surface area (Å²) in [4.78, 5) is 0. The maximum Gasteiger partial charge on any atom is 0.122 e. The molecular formula is C13H14Br2N2O. The van der Waals surface area contributed by atoms with Crippen LogP contribution in [0.3, 0.4) is 0 Å². The van der Waals surface area contributed by atoms with E-state index in [1.165, 1.54) is 0 Å². The summed E-state index contributed by atoms with van der Waals surface area (Å²) in [5.41, 5.74) is 2.74. The van der Waals surface area contributed by atoms with E-state index in [4.69, 9.17) is 0 Å². The minimum atomic E-state index is -0.671. The molecule has 0 saturated carbocycles. The molecule has 0 bridgehead atoms. The molecule has 5 heteroatoms. The second kappa shape index (κ2) is 5.55. The van der Waals surface area contributed by atoms with Crippen LogP contribution in [0.1, 0.15) is 29.8 Å². The molecule has 3 nitrogen and oxygen atoms in total. The predicted octanol–water partition coefficient (Wildman–Crippen LogP) is 3.82. The summed E-state index contributed by atoms with van der Waals surface area (Å²) in [6.45, 7) is 4.72. The lowest BCUT2D eigenvalue weighted by atomic mass is 10.0. The molecule has 1 aromatic carbocycles. The monoisotopic (exact) mass is 372 g/mol. The number of hydrogen-bond donors (Lipinski definition) is 1. The summed E-state index contributed by atoms with van der Waals surface area (Å²) in [5.74, 6) is 0. The van der Waals surface area contributed by atoms with E-state index in [-0.39, 0.29) is 0 Å². The Kier molecular flexibility index (Phi) is 4.25. The normalized spacial score (nSPS) is 12.7. The van der Waals surface area contributed by atoms with Crippen LogP contribution in [-0.2, 0) is 6.54 Å². The Balaban J connectivity index is 2.47. The van der Waals surface area contributed by atoms with Gasteiger partial charge in [-0.05, 0) is 53.0 Å². The van der Waals surface area contributed by atoms with E-state index >= 15 is 0 Å². The third kappa shape index (κ3) is 2.53. The van der Waals surface area contributed by atoms with E-state index < -0.39 is 6.10 Å². The van der Waals surface area contributed by atoms with Crippen molar-refractivity contribution in [3.05, 3.63) is 50.2 Å². The van der Waals surface area contributed by atoms with Gasteiger partial charge in [-0.2, -0.15) is 5.10 Å². The van der Waals surface area contributed by atoms with E-state index in [1.807, 2.05) is 32.0 Å². The van der Waals surface area contributed by atoms with Crippen LogP contribution >= 0.6 is 31.9 Å². The van der Waals surface area contributed by atoms with Gasteiger partial charge in [0.2, 0.25) is 0 Å². The van der Waals surface area contributed by atoms with Gasteiger partial charge in [0, 0.05) is 11.0 Å². The van der Waals surface area contributed by atoms with Crippen LogP contribution in [0.5, 0.6) is 0 Å². The van der Waals surface area contributed by atoms with E-state index in [0.717, 1.165) is 32.3 Å². The molecule has 1 aromatic heterocycles. The molecule has 96 valence electrons. The average Bonchev–Trinajstić information content (AvgIpc) is 2.69. The number of aryl methyl sites for hydroxylation is 2. The molecule has 0 aliphatic rings. The van der Waals surface area contributed by atoms with Crippen LogP contribution < -0.4 is 0 Å². The zero-order valence-corrected chi connectivity index (χ0v) is 13.4. The predicted molar refractivity (Wildman–Crippen MR) is 78.5 cm³/mol. The van der Waals surface area contributed by atoms with Gasteiger partial charge in [0.05, 0.1) is 16.4 Å². The molecular weight excluding hydrogens is 360 g/mol. The Bertz CT molecular complexity index is 566. The fourth-order valence-electron chi connectivity index (χ4n) is 1.99. The van der Waals surface area contributed by atoms with Crippen molar-refractivity contribution >= 4 is 31.9 Å². The number of halogens is 2. The number of aromatic nitrogens is 2.